The van der Waals surface area contributed by atoms with E-state index in [2.05, 4.69) is 15.3 Å². The average molecular weight is 389 g/mol. The van der Waals surface area contributed by atoms with E-state index in [0.29, 0.717) is 25.8 Å². The molecule has 0 aliphatic carbocycles. The standard InChI is InChI=1S/C17H10Cl2N4OS/c18-11-2-1-3-12(19)15(11)21-17-22-16(24)13(25-17)8-10-4-5-14-20-6-7-23(14)9-10/h1-9H,(H,21,22,24). The van der Waals surface area contributed by atoms with Crippen molar-refractivity contribution in [2.45, 2.75) is 0 Å². The van der Waals surface area contributed by atoms with Crippen LogP contribution < -0.4 is 5.32 Å². The second-order valence-electron chi connectivity index (χ2n) is 5.21. The summed E-state index contributed by atoms with van der Waals surface area (Å²) in [5.74, 6) is -0.211. The van der Waals surface area contributed by atoms with E-state index < -0.39 is 0 Å². The van der Waals surface area contributed by atoms with E-state index >= 15 is 0 Å². The van der Waals surface area contributed by atoms with Crippen LogP contribution in [-0.2, 0) is 4.79 Å². The number of pyridine rings is 1. The van der Waals surface area contributed by atoms with Crippen molar-refractivity contribution in [1.82, 2.24) is 14.7 Å². The lowest BCUT2D eigenvalue weighted by Crippen LogP contribution is -2.19. The SMILES string of the molecule is O=C1NC(=Nc2c(Cl)cccc2Cl)SC1=Cc1ccc2nccn2c1. The average Bonchev–Trinajstić information content (AvgIpc) is 3.18. The van der Waals surface area contributed by atoms with Crippen molar-refractivity contribution in [3.63, 3.8) is 0 Å². The zero-order chi connectivity index (χ0) is 17.4. The van der Waals surface area contributed by atoms with Gasteiger partial charge < -0.3 is 9.72 Å². The molecule has 1 saturated heterocycles. The third-order valence-electron chi connectivity index (χ3n) is 3.51. The summed E-state index contributed by atoms with van der Waals surface area (Å²) in [7, 11) is 0. The maximum atomic E-state index is 12.2. The van der Waals surface area contributed by atoms with E-state index in [0.717, 1.165) is 11.2 Å². The van der Waals surface area contributed by atoms with Crippen molar-refractivity contribution >= 4 is 63.4 Å². The summed E-state index contributed by atoms with van der Waals surface area (Å²) in [4.78, 5) is 21.3. The topological polar surface area (TPSA) is 58.8 Å². The van der Waals surface area contributed by atoms with E-state index in [1.807, 2.05) is 28.9 Å². The maximum absolute atomic E-state index is 12.2. The van der Waals surface area contributed by atoms with Gasteiger partial charge in [-0.05, 0) is 47.7 Å². The highest BCUT2D eigenvalue weighted by atomic mass is 35.5. The number of hydrogen-bond donors (Lipinski definition) is 1. The quantitative estimate of drug-likeness (QED) is 0.655. The number of hydrogen-bond acceptors (Lipinski definition) is 4. The molecule has 0 bridgehead atoms. The highest BCUT2D eigenvalue weighted by Gasteiger charge is 2.24. The molecule has 0 spiro atoms. The Hall–Kier alpha value is -2.28. The number of thioether (sulfide) groups is 1. The minimum atomic E-state index is -0.211. The van der Waals surface area contributed by atoms with Crippen LogP contribution in [0.2, 0.25) is 10.0 Å². The fraction of sp³-hybridized carbons (Fsp3) is 0. The van der Waals surface area contributed by atoms with Gasteiger partial charge in [0, 0.05) is 18.6 Å². The van der Waals surface area contributed by atoms with Crippen LogP contribution in [0.25, 0.3) is 11.7 Å². The number of amides is 1. The Kier molecular flexibility index (Phi) is 4.25. The van der Waals surface area contributed by atoms with Crippen molar-refractivity contribution < 1.29 is 4.79 Å². The van der Waals surface area contributed by atoms with Crippen molar-refractivity contribution in [3.05, 3.63) is 69.4 Å². The molecule has 1 aromatic carbocycles. The molecule has 0 saturated carbocycles. The van der Waals surface area contributed by atoms with Crippen LogP contribution in [0, 0.1) is 0 Å². The molecule has 4 rings (SSSR count). The van der Waals surface area contributed by atoms with Gasteiger partial charge in [-0.1, -0.05) is 29.3 Å². The molecule has 1 aliphatic heterocycles. The number of rotatable bonds is 2. The molecule has 1 N–H and O–H groups in total. The third-order valence-corrected chi connectivity index (χ3v) is 5.03. The van der Waals surface area contributed by atoms with E-state index in [1.54, 1.807) is 30.5 Å². The minimum absolute atomic E-state index is 0.211. The first-order valence-electron chi connectivity index (χ1n) is 7.26. The van der Waals surface area contributed by atoms with Crippen LogP contribution in [0.15, 0.2) is 58.8 Å². The second kappa shape index (κ2) is 6.55. The molecule has 0 radical (unpaired) electrons. The zero-order valence-electron chi connectivity index (χ0n) is 12.6. The number of aromatic nitrogens is 2. The van der Waals surface area contributed by atoms with Crippen molar-refractivity contribution in [2.75, 3.05) is 0 Å². The van der Waals surface area contributed by atoms with Gasteiger partial charge in [0.2, 0.25) is 0 Å². The molecule has 124 valence electrons. The number of nitrogens with one attached hydrogen (secondary N) is 1. The number of fused-ring (bicyclic) bond motifs is 1. The van der Waals surface area contributed by atoms with Gasteiger partial charge in [0.15, 0.2) is 5.17 Å². The minimum Gasteiger partial charge on any atom is -0.307 e. The van der Waals surface area contributed by atoms with E-state index in [4.69, 9.17) is 23.2 Å². The molecule has 8 heteroatoms. The number of nitrogens with zero attached hydrogens (tertiary/aromatic N) is 3. The smallest absolute Gasteiger partial charge is 0.264 e. The van der Waals surface area contributed by atoms with Gasteiger partial charge in [-0.25, -0.2) is 9.98 Å². The van der Waals surface area contributed by atoms with Crippen molar-refractivity contribution in [1.29, 1.82) is 0 Å². The van der Waals surface area contributed by atoms with Crippen LogP contribution in [0.5, 0.6) is 0 Å². The van der Waals surface area contributed by atoms with Crippen LogP contribution in [0.1, 0.15) is 5.56 Å². The molecule has 0 atom stereocenters. The number of aliphatic imine (C=N–C) groups is 1. The summed E-state index contributed by atoms with van der Waals surface area (Å²) in [5.41, 5.74) is 2.18. The summed E-state index contributed by atoms with van der Waals surface area (Å²) in [6.07, 6.45) is 7.28. The van der Waals surface area contributed by atoms with E-state index in [-0.39, 0.29) is 5.91 Å². The Labute approximate surface area is 157 Å². The second-order valence-corrected chi connectivity index (χ2v) is 7.05. The Morgan fingerprint density at radius 3 is 2.80 bits per heavy atom. The van der Waals surface area contributed by atoms with Gasteiger partial charge in [-0.3, -0.25) is 4.79 Å². The van der Waals surface area contributed by atoms with Crippen LogP contribution in [0.4, 0.5) is 5.69 Å². The van der Waals surface area contributed by atoms with Gasteiger partial charge in [0.25, 0.3) is 5.91 Å². The van der Waals surface area contributed by atoms with Crippen molar-refractivity contribution in [2.24, 2.45) is 4.99 Å². The molecule has 25 heavy (non-hydrogen) atoms. The first-order chi connectivity index (χ1) is 12.1. The Bertz CT molecular complexity index is 1040. The highest BCUT2D eigenvalue weighted by Crippen LogP contribution is 2.35. The lowest BCUT2D eigenvalue weighted by molar-refractivity contribution is -0.115. The van der Waals surface area contributed by atoms with E-state index in [1.165, 1.54) is 11.8 Å². The lowest BCUT2D eigenvalue weighted by Gasteiger charge is -2.01. The van der Waals surface area contributed by atoms with Crippen molar-refractivity contribution in [3.8, 4) is 0 Å². The molecule has 5 nitrogen and oxygen atoms in total. The summed E-state index contributed by atoms with van der Waals surface area (Å²) < 4.78 is 1.89. The molecule has 1 aliphatic rings. The first kappa shape index (κ1) is 16.2. The number of carbonyl (C=O) groups excluding carboxylic acids is 1. The predicted molar refractivity (Wildman–Crippen MR) is 102 cm³/mol. The van der Waals surface area contributed by atoms with Crippen LogP contribution in [-0.4, -0.2) is 20.5 Å². The van der Waals surface area contributed by atoms with Gasteiger partial charge in [0.1, 0.15) is 11.3 Å². The fourth-order valence-corrected chi connectivity index (χ4v) is 3.66. The number of imidazole rings is 1. The fourth-order valence-electron chi connectivity index (χ4n) is 2.35. The Morgan fingerprint density at radius 2 is 2.00 bits per heavy atom. The Balaban J connectivity index is 1.64. The van der Waals surface area contributed by atoms with Gasteiger partial charge in [0.05, 0.1) is 15.0 Å². The largest absolute Gasteiger partial charge is 0.307 e. The number of carbonyl (C=O) groups is 1. The monoisotopic (exact) mass is 388 g/mol. The van der Waals surface area contributed by atoms with Gasteiger partial charge >= 0.3 is 0 Å². The molecule has 0 unspecified atom stereocenters. The highest BCUT2D eigenvalue weighted by molar-refractivity contribution is 8.18. The third kappa shape index (κ3) is 3.28. The molecule has 1 fully saturated rings. The first-order valence-corrected chi connectivity index (χ1v) is 8.84. The normalized spacial score (nSPS) is 17.6. The van der Waals surface area contributed by atoms with E-state index in [9.17, 15) is 4.79 Å². The molecule has 2 aromatic heterocycles. The molecule has 1 amide bonds. The number of benzene rings is 1. The summed E-state index contributed by atoms with van der Waals surface area (Å²) in [6.45, 7) is 0. The lowest BCUT2D eigenvalue weighted by atomic mass is 10.2. The zero-order valence-corrected chi connectivity index (χ0v) is 14.9. The predicted octanol–water partition coefficient (Wildman–Crippen LogP) is 4.53. The molecule has 3 aromatic rings. The molecule has 3 heterocycles. The number of amidine groups is 1. The number of halogens is 2. The Morgan fingerprint density at radius 1 is 1.20 bits per heavy atom. The van der Waals surface area contributed by atoms with Gasteiger partial charge in [-0.2, -0.15) is 0 Å². The maximum Gasteiger partial charge on any atom is 0.264 e. The van der Waals surface area contributed by atoms with Gasteiger partial charge in [-0.15, -0.1) is 0 Å². The summed E-state index contributed by atoms with van der Waals surface area (Å²) in [5, 5.41) is 4.03. The summed E-state index contributed by atoms with van der Waals surface area (Å²) in [6, 6.07) is 8.94. The molecular formula is C17H10Cl2N4OS. The van der Waals surface area contributed by atoms with Crippen LogP contribution in [0.3, 0.4) is 0 Å². The number of para-hydroxylation sites is 1. The molecular weight excluding hydrogens is 379 g/mol. The van der Waals surface area contributed by atoms with Crippen LogP contribution >= 0.6 is 35.0 Å². The summed E-state index contributed by atoms with van der Waals surface area (Å²) >= 11 is 13.5.